The molecule has 0 rings (SSSR count). The minimum Gasteiger partial charge on any atom is -0.480 e. The minimum atomic E-state index is -1.21. The van der Waals surface area contributed by atoms with Gasteiger partial charge in [0.05, 0.1) is 0 Å². The first-order valence-electron chi connectivity index (χ1n) is 6.74. The molecule has 0 radical (unpaired) electrons. The zero-order valence-corrected chi connectivity index (χ0v) is 13.4. The number of amides is 2. The molecular weight excluding hydrogens is 326 g/mol. The van der Waals surface area contributed by atoms with E-state index in [4.69, 9.17) is 10.8 Å². The highest BCUT2D eigenvalue weighted by atomic mass is 32.1. The molecule has 0 aromatic heterocycles. The van der Waals surface area contributed by atoms with Crippen LogP contribution in [-0.2, 0) is 23.9 Å². The van der Waals surface area contributed by atoms with Crippen molar-refractivity contribution in [1.29, 1.82) is 0 Å². The van der Waals surface area contributed by atoms with Gasteiger partial charge >= 0.3 is 11.9 Å². The van der Waals surface area contributed by atoms with Crippen LogP contribution in [-0.4, -0.2) is 59.8 Å². The van der Waals surface area contributed by atoms with E-state index < -0.39 is 35.8 Å². The van der Waals surface area contributed by atoms with Crippen LogP contribution in [0.15, 0.2) is 12.7 Å². The third-order valence-electron chi connectivity index (χ3n) is 2.60. The lowest BCUT2D eigenvalue weighted by Gasteiger charge is -2.16. The summed E-state index contributed by atoms with van der Waals surface area (Å²) < 4.78 is 4.68. The summed E-state index contributed by atoms with van der Waals surface area (Å²) in [6, 6.07) is -2.11. The summed E-state index contributed by atoms with van der Waals surface area (Å²) in [5, 5.41) is 13.3. The fourth-order valence-corrected chi connectivity index (χ4v) is 1.61. The molecule has 0 aromatic rings. The minimum absolute atomic E-state index is 0.00423. The van der Waals surface area contributed by atoms with Crippen molar-refractivity contribution in [3.05, 3.63) is 12.7 Å². The number of esters is 1. The summed E-state index contributed by atoms with van der Waals surface area (Å²) in [5.41, 5.74) is 5.28. The summed E-state index contributed by atoms with van der Waals surface area (Å²) in [6.45, 7) is 3.06. The number of hydrogen-bond acceptors (Lipinski definition) is 7. The third-order valence-corrected chi connectivity index (χ3v) is 2.97. The van der Waals surface area contributed by atoms with Gasteiger partial charge in [0, 0.05) is 12.2 Å². The third kappa shape index (κ3) is 9.53. The van der Waals surface area contributed by atoms with E-state index in [-0.39, 0.29) is 31.7 Å². The van der Waals surface area contributed by atoms with Crippen LogP contribution in [0.25, 0.3) is 0 Å². The molecule has 10 heteroatoms. The summed E-state index contributed by atoms with van der Waals surface area (Å²) in [5.74, 6) is -2.99. The molecule has 0 aromatic carbocycles. The summed E-state index contributed by atoms with van der Waals surface area (Å²) in [6.07, 6.45) is 1.18. The maximum atomic E-state index is 11.8. The van der Waals surface area contributed by atoms with Crippen molar-refractivity contribution >= 4 is 36.4 Å². The van der Waals surface area contributed by atoms with Crippen LogP contribution >= 0.6 is 12.6 Å². The van der Waals surface area contributed by atoms with Crippen LogP contribution in [0.5, 0.6) is 0 Å². The first-order chi connectivity index (χ1) is 10.8. The molecule has 130 valence electrons. The van der Waals surface area contributed by atoms with E-state index in [0.717, 1.165) is 0 Å². The molecule has 0 unspecified atom stereocenters. The van der Waals surface area contributed by atoms with Crippen molar-refractivity contribution in [3.63, 3.8) is 0 Å². The number of hydrogen-bond donors (Lipinski definition) is 5. The lowest BCUT2D eigenvalue weighted by Crippen LogP contribution is -2.49. The van der Waals surface area contributed by atoms with Crippen molar-refractivity contribution < 1.29 is 29.0 Å². The maximum absolute atomic E-state index is 11.8. The number of nitrogens with two attached hydrogens (primary N) is 1. The molecule has 2 atom stereocenters. The Kier molecular flexibility index (Phi) is 10.5. The van der Waals surface area contributed by atoms with Gasteiger partial charge in [-0.05, 0) is 6.42 Å². The Balaban J connectivity index is 4.23. The highest BCUT2D eigenvalue weighted by molar-refractivity contribution is 7.80. The first-order valence-corrected chi connectivity index (χ1v) is 7.37. The topological polar surface area (TPSA) is 148 Å². The van der Waals surface area contributed by atoms with Gasteiger partial charge in [-0.1, -0.05) is 12.7 Å². The van der Waals surface area contributed by atoms with Gasteiger partial charge in [-0.25, -0.2) is 0 Å². The van der Waals surface area contributed by atoms with Crippen LogP contribution in [0, 0.1) is 0 Å². The average molecular weight is 347 g/mol. The lowest BCUT2D eigenvalue weighted by molar-refractivity contribution is -0.143. The molecule has 0 saturated carbocycles. The number of carboxylic acid groups (broad SMARTS) is 1. The highest BCUT2D eigenvalue weighted by Gasteiger charge is 2.21. The number of nitrogens with one attached hydrogen (secondary N) is 2. The van der Waals surface area contributed by atoms with Gasteiger partial charge in [-0.15, -0.1) is 0 Å². The second-order valence-corrected chi connectivity index (χ2v) is 4.84. The predicted octanol–water partition coefficient (Wildman–Crippen LogP) is -1.56. The molecule has 0 spiro atoms. The van der Waals surface area contributed by atoms with Gasteiger partial charge in [0.25, 0.3) is 0 Å². The zero-order valence-electron chi connectivity index (χ0n) is 12.5. The van der Waals surface area contributed by atoms with E-state index in [9.17, 15) is 19.2 Å². The molecule has 0 aliphatic rings. The Morgan fingerprint density at radius 1 is 1.35 bits per heavy atom. The SMILES string of the molecule is C=CCOC(=O)CNC(=O)[C@H](CS)NC(=O)CC[C@H](N)C(=O)O. The number of rotatable bonds is 11. The molecular formula is C13H21N3O6S. The summed E-state index contributed by atoms with van der Waals surface area (Å²) >= 11 is 3.95. The van der Waals surface area contributed by atoms with E-state index in [1.807, 2.05) is 0 Å². The number of carbonyl (C=O) groups excluding carboxylic acids is 3. The highest BCUT2D eigenvalue weighted by Crippen LogP contribution is 1.97. The largest absolute Gasteiger partial charge is 0.480 e. The summed E-state index contributed by atoms with van der Waals surface area (Å²) in [4.78, 5) is 45.2. The zero-order chi connectivity index (χ0) is 17.8. The van der Waals surface area contributed by atoms with E-state index in [1.54, 1.807) is 0 Å². The number of ether oxygens (including phenoxy) is 1. The summed E-state index contributed by atoms with van der Waals surface area (Å²) in [7, 11) is 0. The number of aliphatic carboxylic acids is 1. The Morgan fingerprint density at radius 2 is 2.00 bits per heavy atom. The van der Waals surface area contributed by atoms with Gasteiger partial charge in [-0.2, -0.15) is 12.6 Å². The van der Waals surface area contributed by atoms with Gasteiger partial charge in [-0.3, -0.25) is 19.2 Å². The van der Waals surface area contributed by atoms with Crippen molar-refractivity contribution in [2.45, 2.75) is 24.9 Å². The van der Waals surface area contributed by atoms with Crippen molar-refractivity contribution in [3.8, 4) is 0 Å². The molecule has 2 amide bonds. The molecule has 0 fully saturated rings. The first kappa shape index (κ1) is 20.9. The van der Waals surface area contributed by atoms with Crippen LogP contribution in [0.3, 0.4) is 0 Å². The van der Waals surface area contributed by atoms with Crippen LogP contribution in [0.2, 0.25) is 0 Å². The maximum Gasteiger partial charge on any atom is 0.325 e. The Morgan fingerprint density at radius 3 is 2.52 bits per heavy atom. The quantitative estimate of drug-likeness (QED) is 0.172. The molecule has 9 nitrogen and oxygen atoms in total. The lowest BCUT2D eigenvalue weighted by atomic mass is 10.1. The standard InChI is InChI=1S/C13H21N3O6S/c1-2-5-22-11(18)6-15-12(19)9(7-23)16-10(17)4-3-8(14)13(20)21/h2,8-9,23H,1,3-7,14H2,(H,15,19)(H,16,17)(H,20,21)/t8-,9-/m0/s1. The van der Waals surface area contributed by atoms with Gasteiger partial charge in [0.15, 0.2) is 0 Å². The van der Waals surface area contributed by atoms with E-state index >= 15 is 0 Å². The number of carboxylic acids is 1. The van der Waals surface area contributed by atoms with E-state index in [2.05, 4.69) is 34.6 Å². The molecule has 0 saturated heterocycles. The fraction of sp³-hybridized carbons (Fsp3) is 0.538. The monoisotopic (exact) mass is 347 g/mol. The molecule has 0 aliphatic carbocycles. The average Bonchev–Trinajstić information content (AvgIpc) is 2.52. The van der Waals surface area contributed by atoms with Crippen LogP contribution in [0.1, 0.15) is 12.8 Å². The molecule has 0 bridgehead atoms. The number of carbonyl (C=O) groups is 4. The molecule has 5 N–H and O–H groups in total. The van der Waals surface area contributed by atoms with Crippen LogP contribution < -0.4 is 16.4 Å². The normalized spacial score (nSPS) is 12.6. The number of thiol groups is 1. The Labute approximate surface area is 139 Å². The van der Waals surface area contributed by atoms with Gasteiger partial charge in [0.1, 0.15) is 25.2 Å². The molecule has 0 heterocycles. The smallest absolute Gasteiger partial charge is 0.325 e. The predicted molar refractivity (Wildman–Crippen MR) is 84.8 cm³/mol. The van der Waals surface area contributed by atoms with Crippen LogP contribution in [0.4, 0.5) is 0 Å². The van der Waals surface area contributed by atoms with E-state index in [1.165, 1.54) is 6.08 Å². The molecule has 23 heavy (non-hydrogen) atoms. The molecule has 0 aliphatic heterocycles. The van der Waals surface area contributed by atoms with Gasteiger partial charge in [0.2, 0.25) is 11.8 Å². The second-order valence-electron chi connectivity index (χ2n) is 4.48. The second kappa shape index (κ2) is 11.5. The Bertz CT molecular complexity index is 457. The van der Waals surface area contributed by atoms with Gasteiger partial charge < -0.3 is 26.2 Å². The Hall–Kier alpha value is -2.07. The van der Waals surface area contributed by atoms with Crippen molar-refractivity contribution in [2.75, 3.05) is 18.9 Å². The fourth-order valence-electron chi connectivity index (χ4n) is 1.36. The van der Waals surface area contributed by atoms with Crippen molar-refractivity contribution in [2.24, 2.45) is 5.73 Å². The van der Waals surface area contributed by atoms with E-state index in [0.29, 0.717) is 0 Å². The van der Waals surface area contributed by atoms with Crippen molar-refractivity contribution in [1.82, 2.24) is 10.6 Å².